The van der Waals surface area contributed by atoms with Crippen molar-refractivity contribution in [2.75, 3.05) is 0 Å². The van der Waals surface area contributed by atoms with E-state index in [1.165, 1.54) is 0 Å². The molecule has 0 unspecified atom stereocenters. The van der Waals surface area contributed by atoms with Crippen molar-refractivity contribution < 1.29 is 14.4 Å². The van der Waals surface area contributed by atoms with Crippen LogP contribution in [0.25, 0.3) is 0 Å². The fourth-order valence-electron chi connectivity index (χ4n) is 0.929. The first-order valence-electron chi connectivity index (χ1n) is 4.11. The van der Waals surface area contributed by atoms with E-state index < -0.39 is 5.97 Å². The van der Waals surface area contributed by atoms with Crippen LogP contribution < -0.4 is 0 Å². The third-order valence-electron chi connectivity index (χ3n) is 1.40. The van der Waals surface area contributed by atoms with Gasteiger partial charge >= 0.3 is 5.97 Å². The zero-order chi connectivity index (χ0) is 9.84. The summed E-state index contributed by atoms with van der Waals surface area (Å²) in [5, 5.41) is 12.0. The van der Waals surface area contributed by atoms with E-state index in [-0.39, 0.29) is 12.2 Å². The highest BCUT2D eigenvalue weighted by atomic mass is 16.5. The van der Waals surface area contributed by atoms with Gasteiger partial charge in [0.2, 0.25) is 5.89 Å². The normalized spacial score (nSPS) is 10.7. The van der Waals surface area contributed by atoms with E-state index >= 15 is 0 Å². The third kappa shape index (κ3) is 3.23. The Hall–Kier alpha value is -1.39. The molecule has 5 heteroatoms. The minimum atomic E-state index is -0.947. The van der Waals surface area contributed by atoms with Crippen molar-refractivity contribution in [2.24, 2.45) is 5.92 Å². The van der Waals surface area contributed by atoms with Crippen LogP contribution >= 0.6 is 0 Å². The lowest BCUT2D eigenvalue weighted by Crippen LogP contribution is -2.02. The Labute approximate surface area is 75.8 Å². The lowest BCUT2D eigenvalue weighted by molar-refractivity contribution is -0.136. The summed E-state index contributed by atoms with van der Waals surface area (Å²) in [5.74, 6) is 0.226. The van der Waals surface area contributed by atoms with Crippen molar-refractivity contribution in [3.8, 4) is 0 Å². The van der Waals surface area contributed by atoms with E-state index in [1.54, 1.807) is 0 Å². The van der Waals surface area contributed by atoms with Crippen LogP contribution in [0.5, 0.6) is 0 Å². The van der Waals surface area contributed by atoms with Gasteiger partial charge < -0.3 is 9.63 Å². The number of aromatic nitrogens is 2. The largest absolute Gasteiger partial charge is 0.481 e. The maximum absolute atomic E-state index is 10.3. The number of aliphatic carboxylic acids is 1. The molecule has 0 aromatic carbocycles. The van der Waals surface area contributed by atoms with Crippen LogP contribution in [0.3, 0.4) is 0 Å². The van der Waals surface area contributed by atoms with Gasteiger partial charge in [0.15, 0.2) is 5.82 Å². The van der Waals surface area contributed by atoms with E-state index in [9.17, 15) is 4.79 Å². The molecule has 0 fully saturated rings. The van der Waals surface area contributed by atoms with E-state index in [4.69, 9.17) is 9.63 Å². The molecule has 1 heterocycles. The smallest absolute Gasteiger partial charge is 0.311 e. The van der Waals surface area contributed by atoms with Crippen LogP contribution in [-0.2, 0) is 17.6 Å². The molecule has 1 aromatic heterocycles. The minimum Gasteiger partial charge on any atom is -0.481 e. The van der Waals surface area contributed by atoms with Gasteiger partial charge in [-0.3, -0.25) is 4.79 Å². The Kier molecular flexibility index (Phi) is 3.00. The SMILES string of the molecule is CC(C)Cc1nc(CC(=O)O)no1. The summed E-state index contributed by atoms with van der Waals surface area (Å²) >= 11 is 0. The maximum atomic E-state index is 10.3. The lowest BCUT2D eigenvalue weighted by Gasteiger charge is -1.95. The molecule has 0 saturated carbocycles. The summed E-state index contributed by atoms with van der Waals surface area (Å²) < 4.78 is 4.85. The minimum absolute atomic E-state index is 0.179. The number of nitrogens with zero attached hydrogens (tertiary/aromatic N) is 2. The molecule has 72 valence electrons. The number of hydrogen-bond acceptors (Lipinski definition) is 4. The zero-order valence-electron chi connectivity index (χ0n) is 7.65. The molecule has 0 aliphatic heterocycles. The zero-order valence-corrected chi connectivity index (χ0v) is 7.65. The molecule has 0 atom stereocenters. The number of rotatable bonds is 4. The summed E-state index contributed by atoms with van der Waals surface area (Å²) in [6, 6.07) is 0. The topological polar surface area (TPSA) is 76.2 Å². The molecular weight excluding hydrogens is 172 g/mol. The van der Waals surface area contributed by atoms with Crippen LogP contribution in [0.2, 0.25) is 0 Å². The van der Waals surface area contributed by atoms with Gasteiger partial charge in [-0.2, -0.15) is 4.98 Å². The van der Waals surface area contributed by atoms with E-state index in [1.807, 2.05) is 13.8 Å². The first kappa shape index (κ1) is 9.70. The summed E-state index contributed by atoms with van der Waals surface area (Å²) in [4.78, 5) is 14.2. The molecule has 1 aromatic rings. The molecule has 1 N–H and O–H groups in total. The summed E-state index contributed by atoms with van der Waals surface area (Å²) in [5.41, 5.74) is 0. The first-order valence-corrected chi connectivity index (χ1v) is 4.11. The Morgan fingerprint density at radius 3 is 2.85 bits per heavy atom. The molecule has 0 aliphatic rings. The Balaban J connectivity index is 2.58. The molecule has 0 radical (unpaired) electrons. The molecule has 0 saturated heterocycles. The lowest BCUT2D eigenvalue weighted by atomic mass is 10.1. The highest BCUT2D eigenvalue weighted by Gasteiger charge is 2.10. The van der Waals surface area contributed by atoms with Crippen LogP contribution in [-0.4, -0.2) is 21.2 Å². The highest BCUT2D eigenvalue weighted by Crippen LogP contribution is 2.05. The fourth-order valence-corrected chi connectivity index (χ4v) is 0.929. The van der Waals surface area contributed by atoms with Gasteiger partial charge in [-0.25, -0.2) is 0 Å². The van der Waals surface area contributed by atoms with Gasteiger partial charge in [0, 0.05) is 6.42 Å². The van der Waals surface area contributed by atoms with Gasteiger partial charge in [-0.1, -0.05) is 19.0 Å². The summed E-state index contributed by atoms with van der Waals surface area (Å²) in [6.45, 7) is 4.06. The number of hydrogen-bond donors (Lipinski definition) is 1. The van der Waals surface area contributed by atoms with Crippen LogP contribution in [0.4, 0.5) is 0 Å². The molecular formula is C8H12N2O3. The van der Waals surface area contributed by atoms with E-state index in [0.29, 0.717) is 18.2 Å². The molecule has 1 rings (SSSR count). The molecule has 0 aliphatic carbocycles. The quantitative estimate of drug-likeness (QED) is 0.752. The Morgan fingerprint density at radius 1 is 1.62 bits per heavy atom. The van der Waals surface area contributed by atoms with Crippen molar-refractivity contribution in [1.29, 1.82) is 0 Å². The predicted molar refractivity (Wildman–Crippen MR) is 44.2 cm³/mol. The number of carboxylic acids is 1. The van der Waals surface area contributed by atoms with Gasteiger partial charge in [0.25, 0.3) is 0 Å². The number of carboxylic acid groups (broad SMARTS) is 1. The molecule has 0 bridgehead atoms. The van der Waals surface area contributed by atoms with E-state index in [2.05, 4.69) is 10.1 Å². The van der Waals surface area contributed by atoms with E-state index in [0.717, 1.165) is 0 Å². The standard InChI is InChI=1S/C8H12N2O3/c1-5(2)3-7-9-6(10-13-7)4-8(11)12/h5H,3-4H2,1-2H3,(H,11,12). The summed E-state index contributed by atoms with van der Waals surface area (Å²) in [7, 11) is 0. The number of carbonyl (C=O) groups is 1. The average molecular weight is 184 g/mol. The highest BCUT2D eigenvalue weighted by molar-refractivity contribution is 5.68. The summed E-state index contributed by atoms with van der Waals surface area (Å²) in [6.07, 6.45) is 0.508. The van der Waals surface area contributed by atoms with Gasteiger partial charge in [0.1, 0.15) is 6.42 Å². The van der Waals surface area contributed by atoms with Crippen LogP contribution in [0.15, 0.2) is 4.52 Å². The van der Waals surface area contributed by atoms with Crippen molar-refractivity contribution >= 4 is 5.97 Å². The maximum Gasteiger partial charge on any atom is 0.311 e. The van der Waals surface area contributed by atoms with Crippen molar-refractivity contribution in [3.63, 3.8) is 0 Å². The van der Waals surface area contributed by atoms with Gasteiger partial charge in [-0.05, 0) is 5.92 Å². The second kappa shape index (κ2) is 4.02. The fraction of sp³-hybridized carbons (Fsp3) is 0.625. The van der Waals surface area contributed by atoms with Crippen molar-refractivity contribution in [2.45, 2.75) is 26.7 Å². The average Bonchev–Trinajstić information content (AvgIpc) is 2.33. The van der Waals surface area contributed by atoms with Crippen LogP contribution in [0.1, 0.15) is 25.6 Å². The second-order valence-electron chi connectivity index (χ2n) is 3.27. The van der Waals surface area contributed by atoms with Crippen molar-refractivity contribution in [1.82, 2.24) is 10.1 Å². The second-order valence-corrected chi connectivity index (χ2v) is 3.27. The molecule has 0 amide bonds. The van der Waals surface area contributed by atoms with Crippen LogP contribution in [0, 0.1) is 5.92 Å². The Bertz CT molecular complexity index is 293. The molecule has 0 spiro atoms. The monoisotopic (exact) mass is 184 g/mol. The predicted octanol–water partition coefficient (Wildman–Crippen LogP) is 0.895. The van der Waals surface area contributed by atoms with Gasteiger partial charge in [0.05, 0.1) is 0 Å². The first-order chi connectivity index (χ1) is 6.08. The van der Waals surface area contributed by atoms with Gasteiger partial charge in [-0.15, -0.1) is 0 Å². The molecule has 5 nitrogen and oxygen atoms in total. The third-order valence-corrected chi connectivity index (χ3v) is 1.40. The molecule has 13 heavy (non-hydrogen) atoms. The van der Waals surface area contributed by atoms with Crippen molar-refractivity contribution in [3.05, 3.63) is 11.7 Å². The Morgan fingerprint density at radius 2 is 2.31 bits per heavy atom.